The molecular weight excluding hydrogens is 258 g/mol. The molecule has 2 rings (SSSR count). The van der Waals surface area contributed by atoms with Crippen molar-refractivity contribution in [2.75, 3.05) is 20.2 Å². The Labute approximate surface area is 119 Å². The second-order valence-corrected chi connectivity index (χ2v) is 6.02. The normalized spacial score (nSPS) is 31.0. The number of likely N-dealkylation sites (N-methyl/N-ethyl adjacent to an activating group) is 1. The minimum atomic E-state index is -0.855. The van der Waals surface area contributed by atoms with E-state index in [1.807, 2.05) is 26.0 Å². The Balaban J connectivity index is 1.97. The molecule has 2 aliphatic rings. The quantitative estimate of drug-likeness (QED) is 0.747. The predicted octanol–water partition coefficient (Wildman–Crippen LogP) is 1.39. The van der Waals surface area contributed by atoms with Gasteiger partial charge in [0, 0.05) is 13.6 Å². The van der Waals surface area contributed by atoms with E-state index in [0.29, 0.717) is 13.2 Å². The standard InChI is InChI=1S/C15H23NO4/c1-9(2)20-7-6-16(3)14(17)12-10-4-5-11(8-10)13(12)15(18)19/h4-5,9-13H,6-8H2,1-3H3,(H,18,19). The Morgan fingerprint density at radius 2 is 1.90 bits per heavy atom. The lowest BCUT2D eigenvalue weighted by molar-refractivity contribution is -0.150. The second-order valence-electron chi connectivity index (χ2n) is 6.02. The fraction of sp³-hybridized carbons (Fsp3) is 0.733. The van der Waals surface area contributed by atoms with E-state index in [0.717, 1.165) is 6.42 Å². The highest BCUT2D eigenvalue weighted by molar-refractivity contribution is 5.86. The first-order chi connectivity index (χ1) is 9.41. The van der Waals surface area contributed by atoms with Crippen LogP contribution < -0.4 is 0 Å². The van der Waals surface area contributed by atoms with Gasteiger partial charge >= 0.3 is 5.97 Å². The van der Waals surface area contributed by atoms with Gasteiger partial charge in [-0.05, 0) is 32.1 Å². The van der Waals surface area contributed by atoms with E-state index in [2.05, 4.69) is 0 Å². The van der Waals surface area contributed by atoms with Crippen molar-refractivity contribution in [2.45, 2.75) is 26.4 Å². The third-order valence-electron chi connectivity index (χ3n) is 4.28. The van der Waals surface area contributed by atoms with Crippen LogP contribution in [0.4, 0.5) is 0 Å². The van der Waals surface area contributed by atoms with Gasteiger partial charge in [-0.3, -0.25) is 9.59 Å². The van der Waals surface area contributed by atoms with Crippen LogP contribution in [-0.4, -0.2) is 48.2 Å². The maximum absolute atomic E-state index is 12.5. The van der Waals surface area contributed by atoms with E-state index in [9.17, 15) is 14.7 Å². The van der Waals surface area contributed by atoms with Gasteiger partial charge in [-0.2, -0.15) is 0 Å². The summed E-state index contributed by atoms with van der Waals surface area (Å²) in [4.78, 5) is 25.5. The maximum atomic E-state index is 12.5. The SMILES string of the molecule is CC(C)OCCN(C)C(=O)C1C2C=CC(C2)C1C(=O)O. The first-order valence-electron chi connectivity index (χ1n) is 7.19. The highest BCUT2D eigenvalue weighted by atomic mass is 16.5. The number of fused-ring (bicyclic) bond motifs is 2. The molecule has 2 bridgehead atoms. The van der Waals surface area contributed by atoms with Gasteiger partial charge in [-0.15, -0.1) is 0 Å². The smallest absolute Gasteiger partial charge is 0.307 e. The van der Waals surface area contributed by atoms with Gasteiger partial charge in [0.2, 0.25) is 5.91 Å². The summed E-state index contributed by atoms with van der Waals surface area (Å²) in [5.74, 6) is -1.79. The lowest BCUT2D eigenvalue weighted by Gasteiger charge is -2.28. The number of rotatable bonds is 6. The number of hydrogen-bond acceptors (Lipinski definition) is 3. The number of hydrogen-bond donors (Lipinski definition) is 1. The monoisotopic (exact) mass is 281 g/mol. The third-order valence-corrected chi connectivity index (χ3v) is 4.28. The van der Waals surface area contributed by atoms with Crippen LogP contribution in [0.1, 0.15) is 20.3 Å². The number of carbonyl (C=O) groups is 2. The van der Waals surface area contributed by atoms with Crippen LogP contribution in [0.15, 0.2) is 12.2 Å². The van der Waals surface area contributed by atoms with E-state index < -0.39 is 17.8 Å². The zero-order chi connectivity index (χ0) is 14.9. The molecule has 0 saturated heterocycles. The molecule has 0 aromatic heterocycles. The highest BCUT2D eigenvalue weighted by Gasteiger charge is 2.52. The number of amides is 1. The number of ether oxygens (including phenoxy) is 1. The molecule has 2 aliphatic carbocycles. The summed E-state index contributed by atoms with van der Waals surface area (Å²) in [7, 11) is 1.72. The van der Waals surface area contributed by atoms with Crippen LogP contribution in [0.5, 0.6) is 0 Å². The van der Waals surface area contributed by atoms with Crippen LogP contribution in [0.25, 0.3) is 0 Å². The molecule has 5 heteroatoms. The summed E-state index contributed by atoms with van der Waals surface area (Å²) in [5.41, 5.74) is 0. The van der Waals surface area contributed by atoms with Gasteiger partial charge in [0.1, 0.15) is 0 Å². The molecule has 0 aromatic carbocycles. The van der Waals surface area contributed by atoms with Crippen molar-refractivity contribution in [3.8, 4) is 0 Å². The van der Waals surface area contributed by atoms with Crippen molar-refractivity contribution in [2.24, 2.45) is 23.7 Å². The fourth-order valence-electron chi connectivity index (χ4n) is 3.29. The van der Waals surface area contributed by atoms with Gasteiger partial charge in [-0.25, -0.2) is 0 Å². The molecule has 112 valence electrons. The number of carboxylic acids is 1. The van der Waals surface area contributed by atoms with Crippen LogP contribution in [-0.2, 0) is 14.3 Å². The zero-order valence-electron chi connectivity index (χ0n) is 12.3. The van der Waals surface area contributed by atoms with Gasteiger partial charge in [-0.1, -0.05) is 12.2 Å². The van der Waals surface area contributed by atoms with Gasteiger partial charge < -0.3 is 14.7 Å². The van der Waals surface area contributed by atoms with Crippen molar-refractivity contribution in [1.82, 2.24) is 4.90 Å². The molecule has 1 fully saturated rings. The molecule has 1 saturated carbocycles. The average molecular weight is 281 g/mol. The van der Waals surface area contributed by atoms with Crippen LogP contribution in [0.2, 0.25) is 0 Å². The van der Waals surface area contributed by atoms with Crippen molar-refractivity contribution >= 4 is 11.9 Å². The summed E-state index contributed by atoms with van der Waals surface area (Å²) in [5, 5.41) is 9.36. The summed E-state index contributed by atoms with van der Waals surface area (Å²) in [6.07, 6.45) is 4.89. The molecule has 20 heavy (non-hydrogen) atoms. The minimum Gasteiger partial charge on any atom is -0.481 e. The van der Waals surface area contributed by atoms with Gasteiger partial charge in [0.15, 0.2) is 0 Å². The number of nitrogens with zero attached hydrogens (tertiary/aromatic N) is 1. The lowest BCUT2D eigenvalue weighted by atomic mass is 9.82. The molecule has 1 N–H and O–H groups in total. The Morgan fingerprint density at radius 3 is 2.45 bits per heavy atom. The van der Waals surface area contributed by atoms with Gasteiger partial charge in [0.05, 0.1) is 24.5 Å². The number of carbonyl (C=O) groups excluding carboxylic acids is 1. The summed E-state index contributed by atoms with van der Waals surface area (Å²) in [6, 6.07) is 0. The first-order valence-corrected chi connectivity index (χ1v) is 7.19. The lowest BCUT2D eigenvalue weighted by Crippen LogP contribution is -2.42. The third kappa shape index (κ3) is 2.87. The van der Waals surface area contributed by atoms with Gasteiger partial charge in [0.25, 0.3) is 0 Å². The van der Waals surface area contributed by atoms with Crippen molar-refractivity contribution in [1.29, 1.82) is 0 Å². The maximum Gasteiger partial charge on any atom is 0.307 e. The number of aliphatic carboxylic acids is 1. The Bertz CT molecular complexity index is 418. The molecule has 1 amide bonds. The van der Waals surface area contributed by atoms with Crippen LogP contribution in [0.3, 0.4) is 0 Å². The molecule has 4 unspecified atom stereocenters. The molecule has 0 spiro atoms. The van der Waals surface area contributed by atoms with E-state index >= 15 is 0 Å². The zero-order valence-corrected chi connectivity index (χ0v) is 12.3. The van der Waals surface area contributed by atoms with Crippen molar-refractivity contribution < 1.29 is 19.4 Å². The van der Waals surface area contributed by atoms with Crippen LogP contribution >= 0.6 is 0 Å². The molecular formula is C15H23NO4. The van der Waals surface area contributed by atoms with E-state index in [-0.39, 0.29) is 23.8 Å². The first kappa shape index (κ1) is 15.0. The largest absolute Gasteiger partial charge is 0.481 e. The summed E-state index contributed by atoms with van der Waals surface area (Å²) >= 11 is 0. The Morgan fingerprint density at radius 1 is 1.30 bits per heavy atom. The fourth-order valence-corrected chi connectivity index (χ4v) is 3.29. The molecule has 0 radical (unpaired) electrons. The molecule has 0 aromatic rings. The van der Waals surface area contributed by atoms with Crippen molar-refractivity contribution in [3.63, 3.8) is 0 Å². The van der Waals surface area contributed by atoms with E-state index in [1.165, 1.54) is 0 Å². The predicted molar refractivity (Wildman–Crippen MR) is 74.1 cm³/mol. The summed E-state index contributed by atoms with van der Waals surface area (Å²) < 4.78 is 5.44. The number of carboxylic acid groups (broad SMARTS) is 1. The molecule has 0 aliphatic heterocycles. The van der Waals surface area contributed by atoms with Crippen molar-refractivity contribution in [3.05, 3.63) is 12.2 Å². The highest BCUT2D eigenvalue weighted by Crippen LogP contribution is 2.48. The Kier molecular flexibility index (Phi) is 4.48. The topological polar surface area (TPSA) is 66.8 Å². The summed E-state index contributed by atoms with van der Waals surface area (Å²) in [6.45, 7) is 4.88. The Hall–Kier alpha value is -1.36. The average Bonchev–Trinajstić information content (AvgIpc) is 2.96. The molecule has 0 heterocycles. The molecule has 4 atom stereocenters. The van der Waals surface area contributed by atoms with E-state index in [4.69, 9.17) is 4.74 Å². The number of allylic oxidation sites excluding steroid dienone is 2. The van der Waals surface area contributed by atoms with E-state index in [1.54, 1.807) is 11.9 Å². The molecule has 5 nitrogen and oxygen atoms in total. The minimum absolute atomic E-state index is 0.0202. The van der Waals surface area contributed by atoms with Crippen LogP contribution in [0, 0.1) is 23.7 Å². The second kappa shape index (κ2) is 5.95.